The molecule has 0 aliphatic carbocycles. The number of nitrogens with one attached hydrogen (secondary N) is 1. The maximum absolute atomic E-state index is 13.1. The fraction of sp³-hybridized carbons (Fsp3) is 0.385. The summed E-state index contributed by atoms with van der Waals surface area (Å²) in [6.07, 6.45) is 1.48. The van der Waals surface area contributed by atoms with Crippen molar-refractivity contribution in [3.63, 3.8) is 0 Å². The minimum Gasteiger partial charge on any atom is -0.461 e. The van der Waals surface area contributed by atoms with E-state index in [0.717, 1.165) is 12.8 Å². The van der Waals surface area contributed by atoms with Gasteiger partial charge in [0.15, 0.2) is 0 Å². The van der Waals surface area contributed by atoms with Crippen LogP contribution >= 0.6 is 0 Å². The van der Waals surface area contributed by atoms with Gasteiger partial charge >= 0.3 is 0 Å². The summed E-state index contributed by atoms with van der Waals surface area (Å²) in [6, 6.07) is 4.00. The fourth-order valence-electron chi connectivity index (χ4n) is 2.10. The molecule has 3 rings (SSSR count). The van der Waals surface area contributed by atoms with Gasteiger partial charge < -0.3 is 9.47 Å². The Kier molecular flexibility index (Phi) is 3.16. The lowest BCUT2D eigenvalue weighted by Gasteiger charge is -2.22. The summed E-state index contributed by atoms with van der Waals surface area (Å²) in [4.78, 5) is 18.5. The molecule has 1 aromatic heterocycles. The highest BCUT2D eigenvalue weighted by Crippen LogP contribution is 2.16. The van der Waals surface area contributed by atoms with Gasteiger partial charge in [-0.15, -0.1) is 0 Å². The van der Waals surface area contributed by atoms with Gasteiger partial charge in [-0.25, -0.2) is 4.39 Å². The molecule has 6 heteroatoms. The van der Waals surface area contributed by atoms with Gasteiger partial charge in [0.1, 0.15) is 11.9 Å². The molecule has 1 aromatic carbocycles. The average Bonchev–Trinajstić information content (AvgIpc) is 2.39. The van der Waals surface area contributed by atoms with Crippen molar-refractivity contribution in [2.75, 3.05) is 13.2 Å². The van der Waals surface area contributed by atoms with Crippen LogP contribution in [0.3, 0.4) is 0 Å². The van der Waals surface area contributed by atoms with Crippen LogP contribution in [-0.4, -0.2) is 29.3 Å². The Morgan fingerprint density at radius 3 is 2.95 bits per heavy atom. The summed E-state index contributed by atoms with van der Waals surface area (Å²) >= 11 is 0. The molecular weight excluding hydrogens is 251 g/mol. The molecule has 0 bridgehead atoms. The number of ether oxygens (including phenoxy) is 2. The predicted octanol–water partition coefficient (Wildman–Crippen LogP) is 1.62. The lowest BCUT2D eigenvalue weighted by Crippen LogP contribution is -2.27. The van der Waals surface area contributed by atoms with Crippen LogP contribution in [0, 0.1) is 5.82 Å². The number of aromatic nitrogens is 2. The molecule has 0 amide bonds. The normalized spacial score (nSPS) is 16.7. The largest absolute Gasteiger partial charge is 0.461 e. The molecule has 100 valence electrons. The van der Waals surface area contributed by atoms with Crippen LogP contribution in [0.1, 0.15) is 12.8 Å². The molecule has 0 spiro atoms. The van der Waals surface area contributed by atoms with Gasteiger partial charge in [0.25, 0.3) is 11.6 Å². The lowest BCUT2D eigenvalue weighted by atomic mass is 10.2. The lowest BCUT2D eigenvalue weighted by molar-refractivity contribution is 0.0218. The van der Waals surface area contributed by atoms with Crippen molar-refractivity contribution >= 4 is 10.9 Å². The molecule has 2 aromatic rings. The molecule has 1 fully saturated rings. The topological polar surface area (TPSA) is 64.2 Å². The van der Waals surface area contributed by atoms with Gasteiger partial charge in [-0.1, -0.05) is 0 Å². The van der Waals surface area contributed by atoms with Gasteiger partial charge in [-0.05, 0) is 12.1 Å². The first-order valence-electron chi connectivity index (χ1n) is 6.16. The first-order chi connectivity index (χ1) is 9.22. The second kappa shape index (κ2) is 4.97. The summed E-state index contributed by atoms with van der Waals surface area (Å²) < 4.78 is 24.0. The van der Waals surface area contributed by atoms with Crippen LogP contribution in [0.4, 0.5) is 4.39 Å². The quantitative estimate of drug-likeness (QED) is 0.895. The van der Waals surface area contributed by atoms with E-state index in [-0.39, 0.29) is 17.7 Å². The van der Waals surface area contributed by atoms with Crippen LogP contribution in [0.5, 0.6) is 6.01 Å². The van der Waals surface area contributed by atoms with Gasteiger partial charge in [-0.2, -0.15) is 4.98 Å². The number of benzene rings is 1. The van der Waals surface area contributed by atoms with Crippen molar-refractivity contribution in [1.29, 1.82) is 0 Å². The Bertz CT molecular complexity index is 650. The van der Waals surface area contributed by atoms with E-state index in [1.807, 2.05) is 0 Å². The van der Waals surface area contributed by atoms with Crippen molar-refractivity contribution in [3.8, 4) is 6.01 Å². The van der Waals surface area contributed by atoms with E-state index in [1.54, 1.807) is 0 Å². The van der Waals surface area contributed by atoms with E-state index in [9.17, 15) is 9.18 Å². The first kappa shape index (κ1) is 12.1. The Hall–Kier alpha value is -1.95. The van der Waals surface area contributed by atoms with Crippen LogP contribution in [0.15, 0.2) is 23.0 Å². The molecule has 19 heavy (non-hydrogen) atoms. The van der Waals surface area contributed by atoms with E-state index in [1.165, 1.54) is 18.2 Å². The van der Waals surface area contributed by atoms with Crippen LogP contribution in [0.2, 0.25) is 0 Å². The second-order valence-corrected chi connectivity index (χ2v) is 4.46. The van der Waals surface area contributed by atoms with Gasteiger partial charge in [0.05, 0.1) is 24.1 Å². The van der Waals surface area contributed by atoms with Crippen molar-refractivity contribution in [2.45, 2.75) is 18.9 Å². The Morgan fingerprint density at radius 1 is 1.37 bits per heavy atom. The molecule has 2 heterocycles. The van der Waals surface area contributed by atoms with E-state index >= 15 is 0 Å². The zero-order valence-corrected chi connectivity index (χ0v) is 10.2. The molecule has 5 nitrogen and oxygen atoms in total. The first-order valence-corrected chi connectivity index (χ1v) is 6.16. The molecule has 0 radical (unpaired) electrons. The molecule has 0 unspecified atom stereocenters. The number of hydrogen-bond acceptors (Lipinski definition) is 4. The predicted molar refractivity (Wildman–Crippen MR) is 66.8 cm³/mol. The average molecular weight is 264 g/mol. The molecular formula is C13H13FN2O3. The zero-order chi connectivity index (χ0) is 13.2. The minimum absolute atomic E-state index is 0.0251. The smallest absolute Gasteiger partial charge is 0.297 e. The summed E-state index contributed by atoms with van der Waals surface area (Å²) in [5.41, 5.74) is -0.0298. The second-order valence-electron chi connectivity index (χ2n) is 4.46. The zero-order valence-electron chi connectivity index (χ0n) is 10.2. The number of fused-ring (bicyclic) bond motifs is 1. The van der Waals surface area contributed by atoms with E-state index in [2.05, 4.69) is 9.97 Å². The number of rotatable bonds is 2. The molecule has 1 aliphatic heterocycles. The molecule has 1 N–H and O–H groups in total. The molecule has 1 saturated heterocycles. The number of nitrogens with zero attached hydrogens (tertiary/aromatic N) is 1. The monoisotopic (exact) mass is 264 g/mol. The van der Waals surface area contributed by atoms with Crippen molar-refractivity contribution in [2.24, 2.45) is 0 Å². The standard InChI is InChI=1S/C13H13FN2O3/c14-8-1-2-10-11(7-8)15-13(16-12(10)17)19-9-3-5-18-6-4-9/h1-2,7,9H,3-6H2,(H,15,16,17). The van der Waals surface area contributed by atoms with E-state index in [4.69, 9.17) is 9.47 Å². The Morgan fingerprint density at radius 2 is 2.16 bits per heavy atom. The number of halogens is 1. The SMILES string of the molecule is O=c1[nH]c(OC2CCOCC2)nc2cc(F)ccc12. The highest BCUT2D eigenvalue weighted by atomic mass is 19.1. The number of hydrogen-bond donors (Lipinski definition) is 1. The summed E-state index contributed by atoms with van der Waals surface area (Å²) in [5.74, 6) is -0.428. The van der Waals surface area contributed by atoms with Gasteiger partial charge in [0, 0.05) is 18.9 Å². The number of aromatic amines is 1. The van der Waals surface area contributed by atoms with Crippen molar-refractivity contribution < 1.29 is 13.9 Å². The molecule has 0 saturated carbocycles. The van der Waals surface area contributed by atoms with Gasteiger partial charge in [-0.3, -0.25) is 9.78 Å². The van der Waals surface area contributed by atoms with E-state index < -0.39 is 5.82 Å². The highest BCUT2D eigenvalue weighted by Gasteiger charge is 2.17. The van der Waals surface area contributed by atoms with E-state index in [0.29, 0.717) is 24.1 Å². The van der Waals surface area contributed by atoms with Crippen LogP contribution in [-0.2, 0) is 4.74 Å². The maximum atomic E-state index is 13.1. The fourth-order valence-corrected chi connectivity index (χ4v) is 2.10. The van der Waals surface area contributed by atoms with Crippen molar-refractivity contribution in [1.82, 2.24) is 9.97 Å². The third kappa shape index (κ3) is 2.58. The van der Waals surface area contributed by atoms with Crippen LogP contribution in [0.25, 0.3) is 10.9 Å². The minimum atomic E-state index is -0.428. The third-order valence-corrected chi connectivity index (χ3v) is 3.09. The summed E-state index contributed by atoms with van der Waals surface area (Å²) in [5, 5.41) is 0.348. The van der Waals surface area contributed by atoms with Gasteiger partial charge in [0.2, 0.25) is 0 Å². The maximum Gasteiger partial charge on any atom is 0.297 e. The Labute approximate surface area is 108 Å². The Balaban J connectivity index is 1.93. The summed E-state index contributed by atoms with van der Waals surface area (Å²) in [6.45, 7) is 1.27. The van der Waals surface area contributed by atoms with Crippen LogP contribution < -0.4 is 10.3 Å². The molecule has 0 atom stereocenters. The highest BCUT2D eigenvalue weighted by molar-refractivity contribution is 5.77. The third-order valence-electron chi connectivity index (χ3n) is 3.09. The molecule has 1 aliphatic rings. The summed E-state index contributed by atoms with van der Waals surface area (Å²) in [7, 11) is 0. The van der Waals surface area contributed by atoms with Crippen molar-refractivity contribution in [3.05, 3.63) is 34.4 Å². The number of H-pyrrole nitrogens is 1.